The van der Waals surface area contributed by atoms with E-state index in [-0.39, 0.29) is 6.03 Å². The molecular weight excluding hydrogens is 268 g/mol. The summed E-state index contributed by atoms with van der Waals surface area (Å²) in [6, 6.07) is 4.56. The summed E-state index contributed by atoms with van der Waals surface area (Å²) in [6.45, 7) is 0.390. The fourth-order valence-corrected chi connectivity index (χ4v) is 2.52. The van der Waals surface area contributed by atoms with Crippen LogP contribution in [0.15, 0.2) is 18.2 Å². The number of nitrogens with one attached hydrogen (secondary N) is 1. The van der Waals surface area contributed by atoms with E-state index in [0.29, 0.717) is 17.8 Å². The lowest BCUT2D eigenvalue weighted by atomic mass is 10.0. The van der Waals surface area contributed by atoms with Crippen LogP contribution in [-0.4, -0.2) is 44.2 Å². The van der Waals surface area contributed by atoms with Gasteiger partial charge in [0.1, 0.15) is 5.75 Å². The van der Waals surface area contributed by atoms with Crippen LogP contribution in [0, 0.1) is 0 Å². The van der Waals surface area contributed by atoms with Crippen LogP contribution in [0.5, 0.6) is 0 Å². The number of hydrogen-bond acceptors (Lipinski definition) is 4. The normalized spacial score (nSPS) is 14.8. The first-order valence-electron chi connectivity index (χ1n) is 5.62. The highest BCUT2D eigenvalue weighted by atomic mass is 32.2. The predicted molar refractivity (Wildman–Crippen MR) is 71.0 cm³/mol. The van der Waals surface area contributed by atoms with Crippen molar-refractivity contribution >= 4 is 27.3 Å². The van der Waals surface area contributed by atoms with Crippen molar-refractivity contribution in [3.05, 3.63) is 29.3 Å². The van der Waals surface area contributed by atoms with E-state index in [0.717, 1.165) is 11.8 Å². The first-order valence-corrected chi connectivity index (χ1v) is 7.68. The SMILES string of the molecule is CN1Cc2cc(C(=O)CS(C)(=O)=O)ccc2NC1=O. The summed E-state index contributed by atoms with van der Waals surface area (Å²) < 4.78 is 22.2. The quantitative estimate of drug-likeness (QED) is 0.835. The molecule has 0 unspecified atom stereocenters. The van der Waals surface area contributed by atoms with Crippen molar-refractivity contribution in [1.82, 2.24) is 4.90 Å². The van der Waals surface area contributed by atoms with Crippen molar-refractivity contribution < 1.29 is 18.0 Å². The molecule has 1 aromatic carbocycles. The molecule has 0 saturated carbocycles. The van der Waals surface area contributed by atoms with Crippen LogP contribution in [0.25, 0.3) is 0 Å². The van der Waals surface area contributed by atoms with Gasteiger partial charge in [0.2, 0.25) is 0 Å². The number of urea groups is 1. The molecule has 1 aliphatic heterocycles. The van der Waals surface area contributed by atoms with Gasteiger partial charge in [-0.05, 0) is 23.8 Å². The third-order valence-corrected chi connectivity index (χ3v) is 3.60. The third-order valence-electron chi connectivity index (χ3n) is 2.82. The van der Waals surface area contributed by atoms with Crippen LogP contribution < -0.4 is 5.32 Å². The molecule has 0 aromatic heterocycles. The zero-order valence-corrected chi connectivity index (χ0v) is 11.5. The van der Waals surface area contributed by atoms with Crippen molar-refractivity contribution in [1.29, 1.82) is 0 Å². The second-order valence-electron chi connectivity index (χ2n) is 4.65. The topological polar surface area (TPSA) is 83.6 Å². The van der Waals surface area contributed by atoms with Crippen molar-refractivity contribution in [3.63, 3.8) is 0 Å². The first-order chi connectivity index (χ1) is 8.76. The fraction of sp³-hybridized carbons (Fsp3) is 0.333. The minimum atomic E-state index is -3.34. The Bertz CT molecular complexity index is 652. The van der Waals surface area contributed by atoms with E-state index in [1.807, 2.05) is 0 Å². The van der Waals surface area contributed by atoms with Gasteiger partial charge >= 0.3 is 6.03 Å². The highest BCUT2D eigenvalue weighted by molar-refractivity contribution is 7.91. The van der Waals surface area contributed by atoms with E-state index in [1.54, 1.807) is 19.2 Å². The number of Topliss-reactive ketones (excluding diaryl/α,β-unsaturated/α-hetero) is 1. The minimum absolute atomic E-state index is 0.206. The highest BCUT2D eigenvalue weighted by Gasteiger charge is 2.21. The molecule has 1 N–H and O–H groups in total. The molecule has 0 saturated heterocycles. The molecule has 7 heteroatoms. The fourth-order valence-electron chi connectivity index (χ4n) is 1.88. The number of rotatable bonds is 3. The van der Waals surface area contributed by atoms with Crippen molar-refractivity contribution in [2.24, 2.45) is 0 Å². The van der Waals surface area contributed by atoms with E-state index in [1.165, 1.54) is 11.0 Å². The van der Waals surface area contributed by atoms with Crippen molar-refractivity contribution in [2.75, 3.05) is 24.4 Å². The summed E-state index contributed by atoms with van der Waals surface area (Å²) in [5, 5.41) is 2.68. The largest absolute Gasteiger partial charge is 0.323 e. The van der Waals surface area contributed by atoms with Crippen molar-refractivity contribution in [3.8, 4) is 0 Å². The molecule has 1 heterocycles. The lowest BCUT2D eigenvalue weighted by Crippen LogP contribution is -2.35. The molecule has 2 amide bonds. The average Bonchev–Trinajstić information content (AvgIpc) is 2.27. The Hall–Kier alpha value is -1.89. The van der Waals surface area contributed by atoms with Gasteiger partial charge < -0.3 is 10.2 Å². The monoisotopic (exact) mass is 282 g/mol. The molecule has 2 rings (SSSR count). The number of amides is 2. The third kappa shape index (κ3) is 3.11. The minimum Gasteiger partial charge on any atom is -0.323 e. The molecule has 6 nitrogen and oxygen atoms in total. The number of ketones is 1. The average molecular weight is 282 g/mol. The number of carbonyl (C=O) groups is 2. The lowest BCUT2D eigenvalue weighted by Gasteiger charge is -2.26. The molecule has 102 valence electrons. The maximum absolute atomic E-state index is 11.8. The second-order valence-corrected chi connectivity index (χ2v) is 6.79. The van der Waals surface area contributed by atoms with Crippen LogP contribution in [0.3, 0.4) is 0 Å². The Labute approximate surface area is 111 Å². The zero-order valence-electron chi connectivity index (χ0n) is 10.6. The summed E-state index contributed by atoms with van der Waals surface area (Å²) >= 11 is 0. The van der Waals surface area contributed by atoms with Gasteiger partial charge in [-0.2, -0.15) is 0 Å². The van der Waals surface area contributed by atoms with E-state index >= 15 is 0 Å². The van der Waals surface area contributed by atoms with E-state index in [2.05, 4.69) is 5.32 Å². The van der Waals surface area contributed by atoms with Gasteiger partial charge in [0.05, 0.1) is 0 Å². The Morgan fingerprint density at radius 1 is 1.42 bits per heavy atom. The number of benzene rings is 1. The molecular formula is C12H14N2O4S. The molecule has 1 aliphatic rings. The molecule has 0 atom stereocenters. The van der Waals surface area contributed by atoms with Crippen molar-refractivity contribution in [2.45, 2.75) is 6.54 Å². The van der Waals surface area contributed by atoms with Crippen LogP contribution in [0.1, 0.15) is 15.9 Å². The lowest BCUT2D eigenvalue weighted by molar-refractivity contribution is 0.102. The molecule has 0 fully saturated rings. The molecule has 19 heavy (non-hydrogen) atoms. The summed E-state index contributed by atoms with van der Waals surface area (Å²) in [7, 11) is -1.70. The number of sulfone groups is 1. The number of fused-ring (bicyclic) bond motifs is 1. The molecule has 0 radical (unpaired) electrons. The summed E-state index contributed by atoms with van der Waals surface area (Å²) in [5.41, 5.74) is 1.79. The van der Waals surface area contributed by atoms with Crippen LogP contribution in [-0.2, 0) is 16.4 Å². The first kappa shape index (κ1) is 13.5. The Morgan fingerprint density at radius 2 is 2.11 bits per heavy atom. The van der Waals surface area contributed by atoms with Gasteiger partial charge in [0, 0.05) is 31.1 Å². The summed E-state index contributed by atoms with van der Waals surface area (Å²) in [4.78, 5) is 24.7. The number of nitrogens with zero attached hydrogens (tertiary/aromatic N) is 1. The van der Waals surface area contributed by atoms with Crippen LogP contribution >= 0.6 is 0 Å². The van der Waals surface area contributed by atoms with E-state index < -0.39 is 21.4 Å². The second kappa shape index (κ2) is 4.65. The van der Waals surface area contributed by atoms with Gasteiger partial charge in [-0.1, -0.05) is 0 Å². The maximum Gasteiger partial charge on any atom is 0.321 e. The van der Waals surface area contributed by atoms with Gasteiger partial charge in [-0.25, -0.2) is 13.2 Å². The number of carbonyl (C=O) groups excluding carboxylic acids is 2. The van der Waals surface area contributed by atoms with Gasteiger partial charge in [-0.15, -0.1) is 0 Å². The standard InChI is InChI=1S/C12H14N2O4S/c1-14-6-9-5-8(11(15)7-19(2,17)18)3-4-10(9)13-12(14)16/h3-5H,6-7H2,1-2H3,(H,13,16). The zero-order chi connectivity index (χ0) is 14.2. The highest BCUT2D eigenvalue weighted by Crippen LogP contribution is 2.23. The molecule has 1 aromatic rings. The maximum atomic E-state index is 11.8. The molecule has 0 spiro atoms. The molecule has 0 aliphatic carbocycles. The Kier molecular flexibility index (Phi) is 3.32. The molecule has 0 bridgehead atoms. The number of hydrogen-bond donors (Lipinski definition) is 1. The van der Waals surface area contributed by atoms with Crippen LogP contribution in [0.4, 0.5) is 10.5 Å². The van der Waals surface area contributed by atoms with Crippen LogP contribution in [0.2, 0.25) is 0 Å². The smallest absolute Gasteiger partial charge is 0.321 e. The Morgan fingerprint density at radius 3 is 2.74 bits per heavy atom. The summed E-state index contributed by atoms with van der Waals surface area (Å²) in [5.74, 6) is -0.946. The van der Waals surface area contributed by atoms with Gasteiger partial charge in [0.25, 0.3) is 0 Å². The van der Waals surface area contributed by atoms with Gasteiger partial charge in [0.15, 0.2) is 15.6 Å². The Balaban J connectivity index is 2.29. The van der Waals surface area contributed by atoms with E-state index in [9.17, 15) is 18.0 Å². The van der Waals surface area contributed by atoms with Gasteiger partial charge in [-0.3, -0.25) is 4.79 Å². The summed E-state index contributed by atoms with van der Waals surface area (Å²) in [6.07, 6.45) is 1.03. The predicted octanol–water partition coefficient (Wildman–Crippen LogP) is 0.891. The van der Waals surface area contributed by atoms with E-state index in [4.69, 9.17) is 0 Å². The number of anilines is 1.